The molecule has 0 unspecified atom stereocenters. The van der Waals surface area contributed by atoms with E-state index in [0.717, 1.165) is 25.7 Å². The first-order valence-corrected chi connectivity index (χ1v) is 12.6. The Bertz CT molecular complexity index is 1020. The summed E-state index contributed by atoms with van der Waals surface area (Å²) in [7, 11) is 1.54. The first-order chi connectivity index (χ1) is 15.7. The van der Waals surface area contributed by atoms with Gasteiger partial charge in [-0.2, -0.15) is 0 Å². The SMILES string of the molecule is C=C1CC[C@@H]2[C@](C)(CC[C@H]3O[C@@H](C(C)(C)O)[C@H](O)C[C@@]23C)[C@@H]1Cc1c(OC)oc(C)c(C)c1=O. The lowest BCUT2D eigenvalue weighted by molar-refractivity contribution is -0.268. The molecule has 1 saturated heterocycles. The van der Waals surface area contributed by atoms with Gasteiger partial charge in [0.05, 0.1) is 30.5 Å². The van der Waals surface area contributed by atoms with Gasteiger partial charge in [0, 0.05) is 5.56 Å². The molecule has 0 spiro atoms. The maximum absolute atomic E-state index is 13.2. The number of aryl methyl sites for hydroxylation is 1. The molecule has 2 aliphatic carbocycles. The van der Waals surface area contributed by atoms with Crippen LogP contribution in [0.15, 0.2) is 21.4 Å². The van der Waals surface area contributed by atoms with E-state index in [2.05, 4.69) is 20.4 Å². The van der Waals surface area contributed by atoms with Gasteiger partial charge >= 0.3 is 0 Å². The van der Waals surface area contributed by atoms with Crippen LogP contribution in [0.3, 0.4) is 0 Å². The van der Waals surface area contributed by atoms with Crippen LogP contribution in [0.4, 0.5) is 0 Å². The first-order valence-electron chi connectivity index (χ1n) is 12.6. The number of methoxy groups -OCH3 is 1. The van der Waals surface area contributed by atoms with E-state index in [4.69, 9.17) is 13.9 Å². The van der Waals surface area contributed by atoms with Crippen molar-refractivity contribution in [3.8, 4) is 5.95 Å². The molecule has 2 saturated carbocycles. The molecule has 0 bridgehead atoms. The summed E-state index contributed by atoms with van der Waals surface area (Å²) >= 11 is 0. The third-order valence-corrected chi connectivity index (χ3v) is 9.55. The van der Waals surface area contributed by atoms with Crippen LogP contribution >= 0.6 is 0 Å². The van der Waals surface area contributed by atoms with Crippen molar-refractivity contribution in [1.29, 1.82) is 0 Å². The van der Waals surface area contributed by atoms with Crippen molar-refractivity contribution in [2.45, 2.75) is 104 Å². The van der Waals surface area contributed by atoms with Crippen molar-refractivity contribution >= 4 is 0 Å². The summed E-state index contributed by atoms with van der Waals surface area (Å²) < 4.78 is 17.8. The molecule has 1 aromatic heterocycles. The van der Waals surface area contributed by atoms with Crippen LogP contribution in [0.25, 0.3) is 0 Å². The van der Waals surface area contributed by atoms with E-state index in [1.165, 1.54) is 5.57 Å². The molecule has 4 rings (SSSR count). The summed E-state index contributed by atoms with van der Waals surface area (Å²) in [4.78, 5) is 13.2. The molecule has 0 aromatic carbocycles. The summed E-state index contributed by atoms with van der Waals surface area (Å²) in [5.74, 6) is 1.29. The number of aliphatic hydroxyl groups excluding tert-OH is 1. The predicted molar refractivity (Wildman–Crippen MR) is 131 cm³/mol. The second-order valence-electron chi connectivity index (χ2n) is 12.1. The molecule has 34 heavy (non-hydrogen) atoms. The number of hydrogen-bond acceptors (Lipinski definition) is 6. The van der Waals surface area contributed by atoms with Crippen molar-refractivity contribution in [3.63, 3.8) is 0 Å². The Morgan fingerprint density at radius 2 is 1.88 bits per heavy atom. The number of rotatable bonds is 4. The van der Waals surface area contributed by atoms with Crippen LogP contribution < -0.4 is 10.2 Å². The molecular weight excluding hydrogens is 432 g/mol. The van der Waals surface area contributed by atoms with E-state index in [1.807, 2.05) is 0 Å². The zero-order valence-corrected chi connectivity index (χ0v) is 21.9. The quantitative estimate of drug-likeness (QED) is 0.625. The van der Waals surface area contributed by atoms with E-state index < -0.39 is 17.8 Å². The van der Waals surface area contributed by atoms with Gasteiger partial charge in [-0.05, 0) is 88.9 Å². The van der Waals surface area contributed by atoms with Crippen LogP contribution in [0.5, 0.6) is 5.95 Å². The van der Waals surface area contributed by atoms with Crippen LogP contribution in [0.2, 0.25) is 0 Å². The lowest BCUT2D eigenvalue weighted by atomic mass is 9.44. The molecular formula is C28H42O6. The maximum atomic E-state index is 13.2. The van der Waals surface area contributed by atoms with Gasteiger partial charge in [-0.25, -0.2) is 0 Å². The molecule has 6 nitrogen and oxygen atoms in total. The number of aliphatic hydroxyl groups is 2. The van der Waals surface area contributed by atoms with Crippen molar-refractivity contribution in [1.82, 2.24) is 0 Å². The Balaban J connectivity index is 1.70. The highest BCUT2D eigenvalue weighted by Crippen LogP contribution is 2.64. The summed E-state index contributed by atoms with van der Waals surface area (Å²) in [6, 6.07) is 0. The van der Waals surface area contributed by atoms with Gasteiger partial charge in [-0.3, -0.25) is 4.79 Å². The third kappa shape index (κ3) is 3.86. The van der Waals surface area contributed by atoms with Gasteiger partial charge in [0.25, 0.3) is 5.95 Å². The summed E-state index contributed by atoms with van der Waals surface area (Å²) in [6.07, 6.45) is 3.47. The van der Waals surface area contributed by atoms with Gasteiger partial charge < -0.3 is 24.1 Å². The van der Waals surface area contributed by atoms with E-state index in [-0.39, 0.29) is 28.3 Å². The minimum atomic E-state index is -1.10. The van der Waals surface area contributed by atoms with E-state index in [0.29, 0.717) is 41.6 Å². The fourth-order valence-corrected chi connectivity index (χ4v) is 7.61. The van der Waals surface area contributed by atoms with E-state index >= 15 is 0 Å². The number of allylic oxidation sites excluding steroid dienone is 1. The summed E-state index contributed by atoms with van der Waals surface area (Å²) in [6.45, 7) is 16.0. The van der Waals surface area contributed by atoms with Crippen molar-refractivity contribution < 1.29 is 24.1 Å². The number of fused-ring (bicyclic) bond motifs is 3. The van der Waals surface area contributed by atoms with Crippen LogP contribution in [-0.2, 0) is 11.2 Å². The van der Waals surface area contributed by atoms with Crippen LogP contribution in [-0.4, -0.2) is 41.2 Å². The van der Waals surface area contributed by atoms with E-state index in [1.54, 1.807) is 34.8 Å². The average molecular weight is 475 g/mol. The molecule has 3 fully saturated rings. The molecule has 6 heteroatoms. The molecule has 7 atom stereocenters. The van der Waals surface area contributed by atoms with Crippen molar-refractivity contribution in [2.75, 3.05) is 7.11 Å². The molecule has 2 heterocycles. The molecule has 190 valence electrons. The minimum Gasteiger partial charge on any atom is -0.468 e. The van der Waals surface area contributed by atoms with Crippen molar-refractivity contribution in [2.24, 2.45) is 22.7 Å². The minimum absolute atomic E-state index is 0.0107. The second-order valence-corrected chi connectivity index (χ2v) is 12.1. The normalized spacial score (nSPS) is 38.3. The molecule has 2 N–H and O–H groups in total. The monoisotopic (exact) mass is 474 g/mol. The van der Waals surface area contributed by atoms with Gasteiger partial charge in [0.2, 0.25) is 0 Å². The molecule has 0 radical (unpaired) electrons. The fraction of sp³-hybridized carbons (Fsp3) is 0.750. The van der Waals surface area contributed by atoms with E-state index in [9.17, 15) is 15.0 Å². The largest absolute Gasteiger partial charge is 0.468 e. The lowest BCUT2D eigenvalue weighted by Crippen LogP contribution is -2.64. The highest BCUT2D eigenvalue weighted by atomic mass is 16.6. The zero-order valence-electron chi connectivity index (χ0n) is 21.9. The average Bonchev–Trinajstić information content (AvgIpc) is 2.73. The maximum Gasteiger partial charge on any atom is 0.291 e. The van der Waals surface area contributed by atoms with Gasteiger partial charge in [0.1, 0.15) is 11.9 Å². The van der Waals surface area contributed by atoms with Crippen LogP contribution in [0.1, 0.15) is 76.7 Å². The lowest BCUT2D eigenvalue weighted by Gasteiger charge is -2.64. The first kappa shape index (κ1) is 25.5. The Hall–Kier alpha value is -1.63. The Morgan fingerprint density at radius 3 is 2.50 bits per heavy atom. The smallest absolute Gasteiger partial charge is 0.291 e. The Morgan fingerprint density at radius 1 is 1.21 bits per heavy atom. The number of ether oxygens (including phenoxy) is 2. The van der Waals surface area contributed by atoms with Crippen molar-refractivity contribution in [3.05, 3.63) is 39.3 Å². The Labute approximate surface area is 203 Å². The standard InChI is InChI=1S/C28H42O6/c1-15-9-10-21-27(6,19(15)13-18-23(30)16(2)17(3)33-25(18)32-8)12-11-22-28(21,7)14-20(29)24(34-22)26(4,5)31/h19-22,24,29,31H,1,9-14H2,2-8H3/t19-,20-,21-,22-,24-,27-,28+/m1/s1. The highest BCUT2D eigenvalue weighted by Gasteiger charge is 2.62. The van der Waals surface area contributed by atoms with Gasteiger partial charge in [-0.15, -0.1) is 0 Å². The number of hydrogen-bond donors (Lipinski definition) is 2. The highest BCUT2D eigenvalue weighted by molar-refractivity contribution is 5.33. The molecule has 3 aliphatic rings. The second kappa shape index (κ2) is 8.49. The topological polar surface area (TPSA) is 89.1 Å². The fourth-order valence-electron chi connectivity index (χ4n) is 7.61. The summed E-state index contributed by atoms with van der Waals surface area (Å²) in [5, 5.41) is 21.6. The molecule has 1 aromatic rings. The third-order valence-electron chi connectivity index (χ3n) is 9.55. The molecule has 1 aliphatic heterocycles. The van der Waals surface area contributed by atoms with Gasteiger partial charge in [-0.1, -0.05) is 26.0 Å². The summed E-state index contributed by atoms with van der Waals surface area (Å²) in [5.41, 5.74) is 0.963. The molecule has 0 amide bonds. The van der Waals surface area contributed by atoms with Crippen LogP contribution in [0, 0.1) is 36.5 Å². The van der Waals surface area contributed by atoms with Gasteiger partial charge in [0.15, 0.2) is 5.43 Å². The zero-order chi connectivity index (χ0) is 25.2. The predicted octanol–water partition coefficient (Wildman–Crippen LogP) is 4.49. The Kier molecular flexibility index (Phi) is 6.36.